The number of rotatable bonds is 6. The summed E-state index contributed by atoms with van der Waals surface area (Å²) in [7, 11) is 2.11. The van der Waals surface area contributed by atoms with Gasteiger partial charge in [-0.1, -0.05) is 36.4 Å². The van der Waals surface area contributed by atoms with Gasteiger partial charge >= 0.3 is 6.01 Å². The topological polar surface area (TPSA) is 85.0 Å². The largest absolute Gasteiger partial charge is 0.469 e. The van der Waals surface area contributed by atoms with Crippen molar-refractivity contribution in [1.29, 1.82) is 0 Å². The zero-order valence-corrected chi connectivity index (χ0v) is 21.0. The predicted molar refractivity (Wildman–Crippen MR) is 135 cm³/mol. The minimum absolute atomic E-state index is 0.206. The number of imidazole rings is 1. The van der Waals surface area contributed by atoms with Crippen molar-refractivity contribution in [2.45, 2.75) is 58.3 Å². The van der Waals surface area contributed by atoms with Crippen LogP contribution in [0.5, 0.6) is 11.9 Å². The van der Waals surface area contributed by atoms with Crippen molar-refractivity contribution in [3.63, 3.8) is 0 Å². The maximum Gasteiger partial charge on any atom is 0.337 e. The van der Waals surface area contributed by atoms with Crippen LogP contribution in [0, 0.1) is 6.92 Å². The number of fused-ring (bicyclic) bond motifs is 2. The Morgan fingerprint density at radius 3 is 2.66 bits per heavy atom. The van der Waals surface area contributed by atoms with E-state index in [9.17, 15) is 5.11 Å². The van der Waals surface area contributed by atoms with Crippen molar-refractivity contribution >= 4 is 16.4 Å². The molecule has 1 aliphatic heterocycles. The quantitative estimate of drug-likeness (QED) is 0.445. The van der Waals surface area contributed by atoms with Crippen LogP contribution in [0.2, 0.25) is 0 Å². The van der Waals surface area contributed by atoms with Gasteiger partial charge in [0.25, 0.3) is 5.88 Å². The highest BCUT2D eigenvalue weighted by Gasteiger charge is 2.26. The number of hydrogen-bond donors (Lipinski definition) is 1. The van der Waals surface area contributed by atoms with Crippen molar-refractivity contribution < 1.29 is 14.6 Å². The van der Waals surface area contributed by atoms with E-state index in [1.165, 1.54) is 0 Å². The SMILES string of the molecule is Cc1cccc2cccc(C(O)c3cnc4c(OC(C)(C)C)nc(OCC5CCCN5C)nn34)c12. The lowest BCUT2D eigenvalue weighted by Gasteiger charge is -2.22. The number of nitrogens with zero attached hydrogens (tertiary/aromatic N) is 5. The van der Waals surface area contributed by atoms with E-state index >= 15 is 0 Å². The molecule has 2 unspecified atom stereocenters. The summed E-state index contributed by atoms with van der Waals surface area (Å²) in [5.74, 6) is 0.329. The molecule has 2 atom stereocenters. The van der Waals surface area contributed by atoms with Crippen LogP contribution < -0.4 is 9.47 Å². The number of aliphatic hydroxyl groups is 1. The van der Waals surface area contributed by atoms with Crippen molar-refractivity contribution in [3.05, 3.63) is 59.4 Å². The molecule has 0 saturated carbocycles. The van der Waals surface area contributed by atoms with E-state index in [4.69, 9.17) is 9.47 Å². The van der Waals surface area contributed by atoms with E-state index in [2.05, 4.69) is 52.1 Å². The third kappa shape index (κ3) is 4.68. The average molecular weight is 476 g/mol. The Hall–Kier alpha value is -3.23. The standard InChI is InChI=1S/C27H33N5O3/c1-17-9-6-10-18-11-7-13-20(22(17)18)23(33)21-15-28-24-25(35-27(2,3)4)29-26(30-32(21)24)34-16-19-12-8-14-31(19)5/h6-7,9-11,13,15,19,23,33H,8,12,14,16H2,1-5H3. The molecule has 184 valence electrons. The summed E-state index contributed by atoms with van der Waals surface area (Å²) < 4.78 is 13.8. The highest BCUT2D eigenvalue weighted by atomic mass is 16.5. The second-order valence-electron chi connectivity index (χ2n) is 10.3. The van der Waals surface area contributed by atoms with Crippen molar-refractivity contribution in [3.8, 4) is 11.9 Å². The van der Waals surface area contributed by atoms with E-state index < -0.39 is 11.7 Å². The van der Waals surface area contributed by atoms with Crippen LogP contribution in [0.4, 0.5) is 0 Å². The normalized spacial score (nSPS) is 17.8. The molecule has 1 fully saturated rings. The number of likely N-dealkylation sites (N-methyl/N-ethyl adjacent to an activating group) is 1. The maximum absolute atomic E-state index is 11.5. The van der Waals surface area contributed by atoms with Gasteiger partial charge < -0.3 is 19.5 Å². The first-order chi connectivity index (χ1) is 16.7. The van der Waals surface area contributed by atoms with Crippen LogP contribution in [0.25, 0.3) is 16.4 Å². The minimum atomic E-state index is -0.944. The average Bonchev–Trinajstić information content (AvgIpc) is 3.42. The van der Waals surface area contributed by atoms with Gasteiger partial charge in [0.15, 0.2) is 0 Å². The lowest BCUT2D eigenvalue weighted by Crippen LogP contribution is -2.31. The molecule has 8 heteroatoms. The van der Waals surface area contributed by atoms with E-state index in [1.807, 2.05) is 39.0 Å². The summed E-state index contributed by atoms with van der Waals surface area (Å²) in [4.78, 5) is 11.4. The first-order valence-corrected chi connectivity index (χ1v) is 12.2. The molecule has 4 aromatic rings. The molecular weight excluding hydrogens is 442 g/mol. The molecule has 2 aromatic carbocycles. The van der Waals surface area contributed by atoms with Gasteiger partial charge in [-0.2, -0.15) is 4.98 Å². The van der Waals surface area contributed by atoms with Crippen LogP contribution >= 0.6 is 0 Å². The molecule has 2 aromatic heterocycles. The van der Waals surface area contributed by atoms with E-state index in [-0.39, 0.29) is 6.01 Å². The van der Waals surface area contributed by atoms with Gasteiger partial charge in [-0.25, -0.2) is 9.50 Å². The first-order valence-electron chi connectivity index (χ1n) is 12.2. The monoisotopic (exact) mass is 475 g/mol. The van der Waals surface area contributed by atoms with Crippen molar-refractivity contribution in [2.75, 3.05) is 20.2 Å². The Labute approximate surface area is 205 Å². The third-order valence-electron chi connectivity index (χ3n) is 6.54. The molecule has 1 aliphatic rings. The fraction of sp³-hybridized carbons (Fsp3) is 0.444. The van der Waals surface area contributed by atoms with Crippen LogP contribution in [-0.2, 0) is 0 Å². The summed E-state index contributed by atoms with van der Waals surface area (Å²) in [6, 6.07) is 12.6. The predicted octanol–water partition coefficient (Wildman–Crippen LogP) is 4.32. The van der Waals surface area contributed by atoms with Gasteiger partial charge in [-0.3, -0.25) is 0 Å². The van der Waals surface area contributed by atoms with Crippen LogP contribution in [0.3, 0.4) is 0 Å². The fourth-order valence-electron chi connectivity index (χ4n) is 4.77. The van der Waals surface area contributed by atoms with E-state index in [0.717, 1.165) is 41.3 Å². The van der Waals surface area contributed by atoms with Gasteiger partial charge in [-0.05, 0) is 76.0 Å². The Balaban J connectivity index is 1.58. The molecular formula is C27H33N5O3. The molecule has 0 amide bonds. The summed E-state index contributed by atoms with van der Waals surface area (Å²) in [5, 5.41) is 18.3. The molecule has 5 rings (SSSR count). The van der Waals surface area contributed by atoms with Crippen molar-refractivity contribution in [1.82, 2.24) is 24.5 Å². The van der Waals surface area contributed by atoms with Gasteiger partial charge in [0.2, 0.25) is 5.65 Å². The Morgan fingerprint density at radius 1 is 1.17 bits per heavy atom. The molecule has 3 heterocycles. The molecule has 1 saturated heterocycles. The smallest absolute Gasteiger partial charge is 0.337 e. The second kappa shape index (κ2) is 9.09. The summed E-state index contributed by atoms with van der Waals surface area (Å²) in [6.07, 6.45) is 2.93. The molecule has 8 nitrogen and oxygen atoms in total. The van der Waals surface area contributed by atoms with Gasteiger partial charge in [-0.15, -0.1) is 5.10 Å². The minimum Gasteiger partial charge on any atom is -0.469 e. The van der Waals surface area contributed by atoms with Gasteiger partial charge in [0.05, 0.1) is 11.9 Å². The van der Waals surface area contributed by atoms with Gasteiger partial charge in [0, 0.05) is 6.04 Å². The maximum atomic E-state index is 11.5. The Morgan fingerprint density at radius 2 is 1.94 bits per heavy atom. The number of benzene rings is 2. The van der Waals surface area contributed by atoms with Crippen LogP contribution in [0.1, 0.15) is 56.5 Å². The lowest BCUT2D eigenvalue weighted by atomic mass is 9.95. The zero-order valence-electron chi connectivity index (χ0n) is 21.0. The first kappa shape index (κ1) is 23.5. The van der Waals surface area contributed by atoms with Gasteiger partial charge in [0.1, 0.15) is 18.3 Å². The molecule has 0 radical (unpaired) electrons. The zero-order chi connectivity index (χ0) is 24.7. The lowest BCUT2D eigenvalue weighted by molar-refractivity contribution is 0.121. The molecule has 1 N–H and O–H groups in total. The van der Waals surface area contributed by atoms with E-state index in [1.54, 1.807) is 10.7 Å². The summed E-state index contributed by atoms with van der Waals surface area (Å²) >= 11 is 0. The van der Waals surface area contributed by atoms with Crippen LogP contribution in [-0.4, -0.2) is 61.4 Å². The van der Waals surface area contributed by atoms with Crippen LogP contribution in [0.15, 0.2) is 42.6 Å². The fourth-order valence-corrected chi connectivity index (χ4v) is 4.77. The molecule has 0 spiro atoms. The number of aryl methyl sites for hydroxylation is 1. The number of likely N-dealkylation sites (tertiary alicyclic amines) is 1. The highest BCUT2D eigenvalue weighted by molar-refractivity contribution is 5.89. The third-order valence-corrected chi connectivity index (χ3v) is 6.54. The van der Waals surface area contributed by atoms with Crippen molar-refractivity contribution in [2.24, 2.45) is 0 Å². The number of hydrogen-bond acceptors (Lipinski definition) is 7. The number of ether oxygens (including phenoxy) is 2. The molecule has 35 heavy (non-hydrogen) atoms. The summed E-state index contributed by atoms with van der Waals surface area (Å²) in [5.41, 5.74) is 2.38. The summed E-state index contributed by atoms with van der Waals surface area (Å²) in [6.45, 7) is 9.47. The Kier molecular flexibility index (Phi) is 6.11. The molecule has 0 aliphatic carbocycles. The number of aromatic nitrogens is 4. The highest BCUT2D eigenvalue weighted by Crippen LogP contribution is 2.33. The van der Waals surface area contributed by atoms with E-state index in [0.29, 0.717) is 29.9 Å². The number of aliphatic hydroxyl groups excluding tert-OH is 1. The second-order valence-corrected chi connectivity index (χ2v) is 10.3. The molecule has 0 bridgehead atoms. The Bertz CT molecular complexity index is 1360.